The molecule has 0 aliphatic heterocycles. The maximum absolute atomic E-state index is 11.9. The standard InChI is InChI=1S/C13H11NO3/c1-14-11-6-5-8-3-4-9(13(16)17-2)7-10(8)12(11)15/h3-4,7,11H,5-6H2,2H3. The lowest BCUT2D eigenvalue weighted by Gasteiger charge is -2.16. The van der Waals surface area contributed by atoms with E-state index in [9.17, 15) is 9.59 Å². The maximum Gasteiger partial charge on any atom is 0.337 e. The minimum absolute atomic E-state index is 0.188. The van der Waals surface area contributed by atoms with E-state index in [1.54, 1.807) is 12.1 Å². The zero-order valence-electron chi connectivity index (χ0n) is 9.40. The van der Waals surface area contributed by atoms with Gasteiger partial charge in [0.2, 0.25) is 5.78 Å². The van der Waals surface area contributed by atoms with Gasteiger partial charge in [-0.15, -0.1) is 0 Å². The normalized spacial score (nSPS) is 18.1. The summed E-state index contributed by atoms with van der Waals surface area (Å²) in [5.74, 6) is -0.655. The molecule has 0 heterocycles. The summed E-state index contributed by atoms with van der Waals surface area (Å²) in [6.07, 6.45) is 1.27. The third-order valence-corrected chi connectivity index (χ3v) is 2.94. The smallest absolute Gasteiger partial charge is 0.337 e. The number of aryl methyl sites for hydroxylation is 1. The summed E-state index contributed by atoms with van der Waals surface area (Å²) in [6, 6.07) is 4.34. The Bertz CT molecular complexity index is 528. The summed E-state index contributed by atoms with van der Waals surface area (Å²) in [4.78, 5) is 26.6. The van der Waals surface area contributed by atoms with Crippen molar-refractivity contribution in [1.29, 1.82) is 0 Å². The lowest BCUT2D eigenvalue weighted by atomic mass is 9.86. The summed E-state index contributed by atoms with van der Waals surface area (Å²) >= 11 is 0. The molecule has 86 valence electrons. The van der Waals surface area contributed by atoms with Gasteiger partial charge in [0.1, 0.15) is 0 Å². The number of ketones is 1. The van der Waals surface area contributed by atoms with Crippen LogP contribution >= 0.6 is 0 Å². The van der Waals surface area contributed by atoms with Crippen molar-refractivity contribution in [3.05, 3.63) is 46.3 Å². The van der Waals surface area contributed by atoms with Gasteiger partial charge >= 0.3 is 5.97 Å². The van der Waals surface area contributed by atoms with Gasteiger partial charge in [0.25, 0.3) is 6.04 Å². The minimum Gasteiger partial charge on any atom is -0.465 e. The molecule has 1 unspecified atom stereocenters. The Kier molecular flexibility index (Phi) is 2.92. The third kappa shape index (κ3) is 1.92. The SMILES string of the molecule is [C-]#[N+]C1CCc2ccc(C(=O)OC)cc2C1=O. The number of benzene rings is 1. The Morgan fingerprint density at radius 1 is 1.53 bits per heavy atom. The molecule has 0 saturated carbocycles. The largest absolute Gasteiger partial charge is 0.465 e. The number of carbonyl (C=O) groups excluding carboxylic acids is 2. The summed E-state index contributed by atoms with van der Waals surface area (Å²) in [5, 5.41) is 0. The fourth-order valence-electron chi connectivity index (χ4n) is 1.99. The highest BCUT2D eigenvalue weighted by molar-refractivity contribution is 6.05. The van der Waals surface area contributed by atoms with Crippen LogP contribution in [0.2, 0.25) is 0 Å². The van der Waals surface area contributed by atoms with Crippen LogP contribution in [-0.4, -0.2) is 24.9 Å². The van der Waals surface area contributed by atoms with Crippen LogP contribution in [0.1, 0.15) is 32.7 Å². The van der Waals surface area contributed by atoms with Gasteiger partial charge in [-0.3, -0.25) is 4.79 Å². The molecule has 0 N–H and O–H groups in total. The van der Waals surface area contributed by atoms with Crippen molar-refractivity contribution in [1.82, 2.24) is 0 Å². The van der Waals surface area contributed by atoms with Crippen molar-refractivity contribution in [2.45, 2.75) is 18.9 Å². The summed E-state index contributed by atoms with van der Waals surface area (Å²) in [6.45, 7) is 6.96. The Balaban J connectivity index is 2.44. The lowest BCUT2D eigenvalue weighted by molar-refractivity contribution is 0.0600. The predicted octanol–water partition coefficient (Wildman–Crippen LogP) is 1.89. The first kappa shape index (κ1) is 11.3. The summed E-state index contributed by atoms with van der Waals surface area (Å²) in [7, 11) is 1.30. The first-order chi connectivity index (χ1) is 8.17. The molecule has 0 radical (unpaired) electrons. The molecule has 0 bridgehead atoms. The number of rotatable bonds is 1. The molecule has 0 fully saturated rings. The van der Waals surface area contributed by atoms with E-state index in [2.05, 4.69) is 9.58 Å². The average Bonchev–Trinajstić information content (AvgIpc) is 2.38. The summed E-state index contributed by atoms with van der Waals surface area (Å²) in [5.41, 5.74) is 1.74. The van der Waals surface area contributed by atoms with Crippen LogP contribution in [0.3, 0.4) is 0 Å². The first-order valence-corrected chi connectivity index (χ1v) is 5.29. The van der Waals surface area contributed by atoms with E-state index in [-0.39, 0.29) is 5.78 Å². The minimum atomic E-state index is -0.601. The van der Waals surface area contributed by atoms with E-state index < -0.39 is 12.0 Å². The van der Waals surface area contributed by atoms with Crippen LogP contribution < -0.4 is 0 Å². The number of hydrogen-bond acceptors (Lipinski definition) is 3. The van der Waals surface area contributed by atoms with Gasteiger partial charge in [0.05, 0.1) is 12.7 Å². The molecule has 0 spiro atoms. The molecule has 4 nitrogen and oxygen atoms in total. The van der Waals surface area contributed by atoms with E-state index in [1.165, 1.54) is 13.2 Å². The molecule has 2 rings (SSSR count). The number of carbonyl (C=O) groups is 2. The zero-order valence-corrected chi connectivity index (χ0v) is 9.40. The van der Waals surface area contributed by atoms with Gasteiger partial charge in [-0.05, 0) is 24.1 Å². The molecule has 4 heteroatoms. The van der Waals surface area contributed by atoms with Crippen LogP contribution in [0.25, 0.3) is 4.85 Å². The van der Waals surface area contributed by atoms with Gasteiger partial charge in [0, 0.05) is 12.0 Å². The molecule has 17 heavy (non-hydrogen) atoms. The predicted molar refractivity (Wildman–Crippen MR) is 60.8 cm³/mol. The number of methoxy groups -OCH3 is 1. The van der Waals surface area contributed by atoms with Crippen molar-refractivity contribution in [2.75, 3.05) is 7.11 Å². The highest BCUT2D eigenvalue weighted by atomic mass is 16.5. The van der Waals surface area contributed by atoms with Gasteiger partial charge in [0.15, 0.2) is 0 Å². The number of ether oxygens (including phenoxy) is 1. The molecule has 1 aromatic carbocycles. The van der Waals surface area contributed by atoms with Crippen LogP contribution in [0.5, 0.6) is 0 Å². The van der Waals surface area contributed by atoms with E-state index in [1.807, 2.05) is 0 Å². The molecule has 0 saturated heterocycles. The number of Topliss-reactive ketones (excluding diaryl/α,β-unsaturated/α-hetero) is 1. The highest BCUT2D eigenvalue weighted by Crippen LogP contribution is 2.24. The van der Waals surface area contributed by atoms with Gasteiger partial charge in [-0.1, -0.05) is 6.07 Å². The van der Waals surface area contributed by atoms with Crippen molar-refractivity contribution in [3.8, 4) is 0 Å². The second-order valence-electron chi connectivity index (χ2n) is 3.91. The topological polar surface area (TPSA) is 47.7 Å². The van der Waals surface area contributed by atoms with Crippen LogP contribution in [0.15, 0.2) is 18.2 Å². The lowest BCUT2D eigenvalue weighted by Crippen LogP contribution is -2.25. The highest BCUT2D eigenvalue weighted by Gasteiger charge is 2.32. The van der Waals surface area contributed by atoms with E-state index in [0.29, 0.717) is 24.0 Å². The number of hydrogen-bond donors (Lipinski definition) is 0. The molecule has 1 atom stereocenters. The van der Waals surface area contributed by atoms with Gasteiger partial charge < -0.3 is 9.58 Å². The average molecular weight is 229 g/mol. The Hall–Kier alpha value is -2.15. The quantitative estimate of drug-likeness (QED) is 0.545. The second-order valence-corrected chi connectivity index (χ2v) is 3.91. The molecule has 1 aliphatic rings. The molecule has 0 aromatic heterocycles. The van der Waals surface area contributed by atoms with Crippen molar-refractivity contribution < 1.29 is 14.3 Å². The fraction of sp³-hybridized carbons (Fsp3) is 0.308. The van der Waals surface area contributed by atoms with E-state index in [0.717, 1.165) is 5.56 Å². The zero-order chi connectivity index (χ0) is 12.4. The van der Waals surface area contributed by atoms with Gasteiger partial charge in [-0.2, -0.15) is 0 Å². The number of esters is 1. The molecule has 0 amide bonds. The molecule has 1 aliphatic carbocycles. The Labute approximate surface area is 99.0 Å². The number of fused-ring (bicyclic) bond motifs is 1. The summed E-state index contributed by atoms with van der Waals surface area (Å²) < 4.78 is 4.60. The van der Waals surface area contributed by atoms with Crippen molar-refractivity contribution in [2.24, 2.45) is 0 Å². The molecular weight excluding hydrogens is 218 g/mol. The molecular formula is C13H11NO3. The Morgan fingerprint density at radius 2 is 2.29 bits per heavy atom. The Morgan fingerprint density at radius 3 is 2.94 bits per heavy atom. The molecule has 1 aromatic rings. The maximum atomic E-state index is 11.9. The van der Waals surface area contributed by atoms with E-state index in [4.69, 9.17) is 6.57 Å². The first-order valence-electron chi connectivity index (χ1n) is 5.29. The van der Waals surface area contributed by atoms with Crippen molar-refractivity contribution in [3.63, 3.8) is 0 Å². The van der Waals surface area contributed by atoms with Crippen LogP contribution in [0.4, 0.5) is 0 Å². The second kappa shape index (κ2) is 4.38. The van der Waals surface area contributed by atoms with Crippen molar-refractivity contribution >= 4 is 11.8 Å². The monoisotopic (exact) mass is 229 g/mol. The third-order valence-electron chi connectivity index (χ3n) is 2.94. The fourth-order valence-corrected chi connectivity index (χ4v) is 1.99. The van der Waals surface area contributed by atoms with Crippen LogP contribution in [-0.2, 0) is 11.2 Å². The van der Waals surface area contributed by atoms with Gasteiger partial charge in [-0.25, -0.2) is 11.4 Å². The van der Waals surface area contributed by atoms with Crippen LogP contribution in [0, 0.1) is 6.57 Å². The number of nitrogens with zero attached hydrogens (tertiary/aromatic N) is 1. The van der Waals surface area contributed by atoms with E-state index >= 15 is 0 Å².